The van der Waals surface area contributed by atoms with Crippen molar-refractivity contribution in [3.63, 3.8) is 0 Å². The molecule has 1 aromatic heterocycles. The zero-order valence-electron chi connectivity index (χ0n) is 13.1. The first kappa shape index (κ1) is 17.1. The fourth-order valence-corrected chi connectivity index (χ4v) is 2.08. The first-order valence-corrected chi connectivity index (χ1v) is 7.23. The number of pyridine rings is 1. The van der Waals surface area contributed by atoms with Crippen LogP contribution in [0, 0.1) is 0 Å². The molecule has 0 atom stereocenters. The molecule has 21 heavy (non-hydrogen) atoms. The lowest BCUT2D eigenvalue weighted by Crippen LogP contribution is -2.41. The number of nitrogens with one attached hydrogen (secondary N) is 1. The Balaban J connectivity index is 2.27. The molecular weight excluding hydrogens is 262 g/mol. The summed E-state index contributed by atoms with van der Waals surface area (Å²) in [6.45, 7) is 10.2. The third-order valence-corrected chi connectivity index (χ3v) is 3.29. The molecule has 4 nitrogen and oxygen atoms in total. The summed E-state index contributed by atoms with van der Waals surface area (Å²) in [6, 6.07) is 5.66. The van der Waals surface area contributed by atoms with E-state index in [4.69, 9.17) is 0 Å². The van der Waals surface area contributed by atoms with E-state index in [9.17, 15) is 4.79 Å². The number of carbonyl (C=O) groups is 1. The minimum Gasteiger partial charge on any atom is -0.352 e. The van der Waals surface area contributed by atoms with Gasteiger partial charge in [-0.05, 0) is 18.2 Å². The zero-order valence-corrected chi connectivity index (χ0v) is 13.1. The Labute approximate surface area is 127 Å². The van der Waals surface area contributed by atoms with Gasteiger partial charge in [0.1, 0.15) is 0 Å². The van der Waals surface area contributed by atoms with E-state index >= 15 is 0 Å². The van der Waals surface area contributed by atoms with E-state index < -0.39 is 0 Å². The fourth-order valence-electron chi connectivity index (χ4n) is 2.08. The monoisotopic (exact) mass is 288 g/mol. The number of quaternary nitrogens is 1. The van der Waals surface area contributed by atoms with Gasteiger partial charge < -0.3 is 9.80 Å². The molecule has 0 aliphatic heterocycles. The number of aromatic nitrogens is 1. The molecule has 0 spiro atoms. The second-order valence-corrected chi connectivity index (χ2v) is 5.84. The van der Waals surface area contributed by atoms with Gasteiger partial charge in [0.15, 0.2) is 0 Å². The average molecular weight is 288 g/mol. The van der Waals surface area contributed by atoms with Gasteiger partial charge in [0, 0.05) is 36.9 Å². The van der Waals surface area contributed by atoms with Crippen LogP contribution in [-0.4, -0.2) is 49.1 Å². The SMILES string of the molecule is C=CC[N+](C)(C)CCCNC(=O)C(=C)Cc1ccccn1. The van der Waals surface area contributed by atoms with Crippen LogP contribution in [0.3, 0.4) is 0 Å². The van der Waals surface area contributed by atoms with E-state index in [1.54, 1.807) is 6.20 Å². The number of carbonyl (C=O) groups excluding carboxylic acids is 1. The van der Waals surface area contributed by atoms with Gasteiger partial charge >= 0.3 is 0 Å². The van der Waals surface area contributed by atoms with Gasteiger partial charge in [-0.2, -0.15) is 0 Å². The lowest BCUT2D eigenvalue weighted by atomic mass is 10.1. The Morgan fingerprint density at radius 1 is 1.43 bits per heavy atom. The molecule has 0 saturated heterocycles. The molecule has 0 radical (unpaired) electrons. The highest BCUT2D eigenvalue weighted by molar-refractivity contribution is 5.93. The predicted octanol–water partition coefficient (Wildman–Crippen LogP) is 1.95. The Morgan fingerprint density at radius 2 is 2.19 bits per heavy atom. The first-order valence-electron chi connectivity index (χ1n) is 7.23. The van der Waals surface area contributed by atoms with E-state index in [-0.39, 0.29) is 5.91 Å². The molecule has 1 aromatic rings. The molecule has 114 valence electrons. The van der Waals surface area contributed by atoms with Crippen molar-refractivity contribution in [3.8, 4) is 0 Å². The Bertz CT molecular complexity index is 480. The smallest absolute Gasteiger partial charge is 0.247 e. The van der Waals surface area contributed by atoms with Crippen molar-refractivity contribution in [1.29, 1.82) is 0 Å². The van der Waals surface area contributed by atoms with Gasteiger partial charge in [-0.1, -0.05) is 19.2 Å². The molecule has 1 rings (SSSR count). The van der Waals surface area contributed by atoms with Crippen molar-refractivity contribution in [2.45, 2.75) is 12.8 Å². The van der Waals surface area contributed by atoms with Crippen molar-refractivity contribution in [2.75, 3.05) is 33.7 Å². The van der Waals surface area contributed by atoms with Crippen molar-refractivity contribution < 1.29 is 9.28 Å². The first-order chi connectivity index (χ1) is 9.94. The number of amides is 1. The molecule has 0 unspecified atom stereocenters. The van der Waals surface area contributed by atoms with Gasteiger partial charge in [0.2, 0.25) is 5.91 Å². The van der Waals surface area contributed by atoms with Crippen LogP contribution >= 0.6 is 0 Å². The van der Waals surface area contributed by atoms with Crippen LogP contribution in [0.15, 0.2) is 49.2 Å². The van der Waals surface area contributed by atoms with Crippen LogP contribution < -0.4 is 5.32 Å². The molecule has 0 bridgehead atoms. The van der Waals surface area contributed by atoms with Crippen LogP contribution in [0.5, 0.6) is 0 Å². The summed E-state index contributed by atoms with van der Waals surface area (Å²) < 4.78 is 0.883. The third-order valence-electron chi connectivity index (χ3n) is 3.29. The highest BCUT2D eigenvalue weighted by Gasteiger charge is 2.13. The lowest BCUT2D eigenvalue weighted by Gasteiger charge is -2.28. The average Bonchev–Trinajstić information content (AvgIpc) is 2.44. The van der Waals surface area contributed by atoms with E-state index in [1.165, 1.54) is 0 Å². The van der Waals surface area contributed by atoms with Crippen molar-refractivity contribution in [3.05, 3.63) is 54.9 Å². The van der Waals surface area contributed by atoms with Gasteiger partial charge in [0.25, 0.3) is 0 Å². The topological polar surface area (TPSA) is 42.0 Å². The molecule has 0 aromatic carbocycles. The van der Waals surface area contributed by atoms with Crippen molar-refractivity contribution >= 4 is 5.91 Å². The number of hydrogen-bond donors (Lipinski definition) is 1. The maximum atomic E-state index is 11.9. The molecule has 0 aliphatic rings. The summed E-state index contributed by atoms with van der Waals surface area (Å²) >= 11 is 0. The molecule has 0 fully saturated rings. The van der Waals surface area contributed by atoms with Crippen LogP contribution in [-0.2, 0) is 11.2 Å². The molecule has 4 heteroatoms. The molecule has 1 N–H and O–H groups in total. The van der Waals surface area contributed by atoms with E-state index in [0.29, 0.717) is 18.5 Å². The molecule has 0 aliphatic carbocycles. The van der Waals surface area contributed by atoms with Gasteiger partial charge in [-0.15, -0.1) is 0 Å². The second kappa shape index (κ2) is 8.37. The van der Waals surface area contributed by atoms with Crippen LogP contribution in [0.1, 0.15) is 12.1 Å². The molecular formula is C17H26N3O+. The minimum atomic E-state index is -0.0883. The van der Waals surface area contributed by atoms with Crippen LogP contribution in [0.4, 0.5) is 0 Å². The maximum Gasteiger partial charge on any atom is 0.247 e. The quantitative estimate of drug-likeness (QED) is 0.327. The van der Waals surface area contributed by atoms with E-state index in [0.717, 1.165) is 29.7 Å². The third kappa shape index (κ3) is 6.86. The summed E-state index contributed by atoms with van der Waals surface area (Å²) in [6.07, 6.45) is 5.07. The Morgan fingerprint density at radius 3 is 2.81 bits per heavy atom. The van der Waals surface area contributed by atoms with E-state index in [2.05, 4.69) is 37.6 Å². The number of likely N-dealkylation sites (N-methyl/N-ethyl adjacent to an activating group) is 1. The highest BCUT2D eigenvalue weighted by atomic mass is 16.1. The van der Waals surface area contributed by atoms with Gasteiger partial charge in [-0.25, -0.2) is 0 Å². The number of nitrogens with zero attached hydrogens (tertiary/aromatic N) is 2. The van der Waals surface area contributed by atoms with Crippen molar-refractivity contribution in [1.82, 2.24) is 10.3 Å². The molecule has 1 heterocycles. The zero-order chi connectivity index (χ0) is 15.7. The van der Waals surface area contributed by atoms with Crippen LogP contribution in [0.2, 0.25) is 0 Å². The standard InChI is InChI=1S/C17H25N3O/c1-5-12-20(3,4)13-8-11-19-17(21)15(2)14-16-9-6-7-10-18-16/h5-7,9-10H,1-2,8,11-14H2,3-4H3/p+1. The summed E-state index contributed by atoms with van der Waals surface area (Å²) in [4.78, 5) is 16.1. The van der Waals surface area contributed by atoms with E-state index in [1.807, 2.05) is 24.3 Å². The van der Waals surface area contributed by atoms with Crippen LogP contribution in [0.25, 0.3) is 0 Å². The van der Waals surface area contributed by atoms with Gasteiger partial charge in [0.05, 0.1) is 27.2 Å². The summed E-state index contributed by atoms with van der Waals surface area (Å²) in [7, 11) is 4.31. The summed E-state index contributed by atoms with van der Waals surface area (Å²) in [5.41, 5.74) is 1.41. The molecule has 1 amide bonds. The largest absolute Gasteiger partial charge is 0.352 e. The van der Waals surface area contributed by atoms with Gasteiger partial charge in [-0.3, -0.25) is 9.78 Å². The predicted molar refractivity (Wildman–Crippen MR) is 86.7 cm³/mol. The second-order valence-electron chi connectivity index (χ2n) is 5.84. The Hall–Kier alpha value is -1.94. The maximum absolute atomic E-state index is 11.9. The minimum absolute atomic E-state index is 0.0883. The highest BCUT2D eigenvalue weighted by Crippen LogP contribution is 2.03. The Kier molecular flexibility index (Phi) is 6.82. The fraction of sp³-hybridized carbons (Fsp3) is 0.412. The summed E-state index contributed by atoms with van der Waals surface area (Å²) in [5, 5.41) is 2.92. The number of hydrogen-bond acceptors (Lipinski definition) is 2. The summed E-state index contributed by atoms with van der Waals surface area (Å²) in [5.74, 6) is -0.0883. The lowest BCUT2D eigenvalue weighted by molar-refractivity contribution is -0.884. The molecule has 0 saturated carbocycles. The van der Waals surface area contributed by atoms with Crippen molar-refractivity contribution in [2.24, 2.45) is 0 Å². The number of rotatable bonds is 9. The normalized spacial score (nSPS) is 11.0.